The van der Waals surface area contributed by atoms with Crippen molar-refractivity contribution in [1.29, 1.82) is 0 Å². The zero-order chi connectivity index (χ0) is 21.1. The Kier molecular flexibility index (Phi) is 5.31. The molecule has 1 N–H and O–H groups in total. The van der Waals surface area contributed by atoms with Gasteiger partial charge in [-0.05, 0) is 31.4 Å². The summed E-state index contributed by atoms with van der Waals surface area (Å²) in [6.45, 7) is 3.31. The Morgan fingerprint density at radius 2 is 1.77 bits per heavy atom. The van der Waals surface area contributed by atoms with E-state index < -0.39 is 11.9 Å². The number of hydrogen-bond donors (Lipinski definition) is 1. The summed E-state index contributed by atoms with van der Waals surface area (Å²) in [6, 6.07) is 19.0. The maximum Gasteiger partial charge on any atom is 0.344 e. The molecule has 0 saturated heterocycles. The first-order valence-electron chi connectivity index (χ1n) is 9.78. The predicted molar refractivity (Wildman–Crippen MR) is 114 cm³/mol. The van der Waals surface area contributed by atoms with Gasteiger partial charge in [0.05, 0.1) is 0 Å². The number of amides is 1. The third-order valence-corrected chi connectivity index (χ3v) is 4.83. The molecule has 30 heavy (non-hydrogen) atoms. The minimum atomic E-state index is -0.627. The number of nitrogens with one attached hydrogen (secondary N) is 1. The highest BCUT2D eigenvalue weighted by Gasteiger charge is 2.32. The van der Waals surface area contributed by atoms with Crippen molar-refractivity contribution in [3.05, 3.63) is 66.2 Å². The molecule has 3 aromatic rings. The summed E-state index contributed by atoms with van der Waals surface area (Å²) in [4.78, 5) is 24.3. The van der Waals surface area contributed by atoms with Crippen LogP contribution < -0.4 is 14.8 Å². The number of carbonyl (C=O) groups excluding carboxylic acids is 2. The normalized spacial score (nSPS) is 13.9. The zero-order valence-electron chi connectivity index (χ0n) is 16.9. The summed E-state index contributed by atoms with van der Waals surface area (Å²) in [7, 11) is 0. The lowest BCUT2D eigenvalue weighted by Gasteiger charge is -2.18. The molecule has 154 valence electrons. The molecule has 0 radical (unpaired) electrons. The first-order chi connectivity index (χ1) is 14.4. The largest absolute Gasteiger partial charge is 0.483 e. The topological polar surface area (TPSA) is 73.9 Å². The van der Waals surface area contributed by atoms with Crippen LogP contribution in [0.15, 0.2) is 60.7 Å². The fourth-order valence-corrected chi connectivity index (χ4v) is 3.55. The average molecular weight is 405 g/mol. The smallest absolute Gasteiger partial charge is 0.344 e. The van der Waals surface area contributed by atoms with Gasteiger partial charge in [0.1, 0.15) is 5.60 Å². The van der Waals surface area contributed by atoms with Crippen molar-refractivity contribution >= 4 is 28.3 Å². The maximum absolute atomic E-state index is 12.2. The van der Waals surface area contributed by atoms with Gasteiger partial charge in [-0.15, -0.1) is 0 Å². The molecule has 1 aliphatic heterocycles. The van der Waals surface area contributed by atoms with Crippen LogP contribution in [0.25, 0.3) is 10.8 Å². The number of hydrogen-bond acceptors (Lipinski definition) is 5. The molecule has 6 heteroatoms. The summed E-state index contributed by atoms with van der Waals surface area (Å²) >= 11 is 0. The van der Waals surface area contributed by atoms with E-state index in [1.54, 1.807) is 6.07 Å². The van der Waals surface area contributed by atoms with E-state index in [0.717, 1.165) is 22.8 Å². The first kappa shape index (κ1) is 19.8. The molecule has 6 nitrogen and oxygen atoms in total. The third kappa shape index (κ3) is 4.38. The van der Waals surface area contributed by atoms with Gasteiger partial charge in [-0.3, -0.25) is 4.79 Å². The SMILES string of the molecule is CC1(C)Cc2cccc(OCC(=O)OCC(=O)Nc3cccc4ccccc34)c2O1. The summed E-state index contributed by atoms with van der Waals surface area (Å²) in [5.41, 5.74) is 1.41. The Morgan fingerprint density at radius 3 is 2.63 bits per heavy atom. The second-order valence-electron chi connectivity index (χ2n) is 7.81. The maximum atomic E-state index is 12.2. The van der Waals surface area contributed by atoms with Gasteiger partial charge in [-0.25, -0.2) is 4.79 Å². The number of para-hydroxylation sites is 1. The zero-order valence-corrected chi connectivity index (χ0v) is 16.9. The number of esters is 1. The second-order valence-corrected chi connectivity index (χ2v) is 7.81. The van der Waals surface area contributed by atoms with Gasteiger partial charge >= 0.3 is 5.97 Å². The van der Waals surface area contributed by atoms with E-state index in [1.807, 2.05) is 68.4 Å². The van der Waals surface area contributed by atoms with Crippen molar-refractivity contribution < 1.29 is 23.8 Å². The van der Waals surface area contributed by atoms with Gasteiger partial charge in [0.25, 0.3) is 5.91 Å². The molecule has 0 spiro atoms. The third-order valence-electron chi connectivity index (χ3n) is 4.83. The molecular formula is C24H23NO5. The molecule has 0 bridgehead atoms. The molecule has 1 heterocycles. The summed E-state index contributed by atoms with van der Waals surface area (Å²) in [6.07, 6.45) is 0.776. The molecule has 4 rings (SSSR count). The van der Waals surface area contributed by atoms with Gasteiger partial charge < -0.3 is 19.5 Å². The van der Waals surface area contributed by atoms with E-state index in [-0.39, 0.29) is 18.8 Å². The van der Waals surface area contributed by atoms with Crippen LogP contribution in [0, 0.1) is 0 Å². The van der Waals surface area contributed by atoms with Crippen molar-refractivity contribution in [2.75, 3.05) is 18.5 Å². The van der Waals surface area contributed by atoms with Crippen LogP contribution in [-0.2, 0) is 20.7 Å². The second kappa shape index (κ2) is 8.06. The quantitative estimate of drug-likeness (QED) is 0.625. The van der Waals surface area contributed by atoms with Crippen LogP contribution in [0.5, 0.6) is 11.5 Å². The molecule has 1 aliphatic rings. The van der Waals surface area contributed by atoms with Crippen LogP contribution >= 0.6 is 0 Å². The minimum absolute atomic E-state index is 0.304. The molecule has 0 aromatic heterocycles. The first-order valence-corrected chi connectivity index (χ1v) is 9.78. The van der Waals surface area contributed by atoms with Crippen molar-refractivity contribution in [1.82, 2.24) is 0 Å². The van der Waals surface area contributed by atoms with Crippen LogP contribution in [0.1, 0.15) is 19.4 Å². The van der Waals surface area contributed by atoms with Crippen molar-refractivity contribution in [2.24, 2.45) is 0 Å². The monoisotopic (exact) mass is 405 g/mol. The average Bonchev–Trinajstić information content (AvgIpc) is 3.05. The minimum Gasteiger partial charge on any atom is -0.483 e. The Labute approximate surface area is 174 Å². The molecular weight excluding hydrogens is 382 g/mol. The lowest BCUT2D eigenvalue weighted by atomic mass is 10.0. The predicted octanol–water partition coefficient (Wildman–Crippen LogP) is 4.11. The standard InChI is InChI=1S/C24H23NO5/c1-24(2)13-17-9-6-12-20(23(17)30-24)28-15-22(27)29-14-21(26)25-19-11-5-8-16-7-3-4-10-18(16)19/h3-12H,13-15H2,1-2H3,(H,25,26). The fourth-order valence-electron chi connectivity index (χ4n) is 3.55. The van der Waals surface area contributed by atoms with Crippen LogP contribution in [0.3, 0.4) is 0 Å². The number of carbonyl (C=O) groups is 2. The Morgan fingerprint density at radius 1 is 1.00 bits per heavy atom. The van der Waals surface area contributed by atoms with Gasteiger partial charge in [0.15, 0.2) is 24.7 Å². The van der Waals surface area contributed by atoms with Crippen molar-refractivity contribution in [2.45, 2.75) is 25.9 Å². The van der Waals surface area contributed by atoms with Gasteiger partial charge in [0, 0.05) is 23.1 Å². The summed E-state index contributed by atoms with van der Waals surface area (Å²) in [5.74, 6) is 0.113. The number of benzene rings is 3. The van der Waals surface area contributed by atoms with Gasteiger partial charge in [-0.1, -0.05) is 48.5 Å². The highest BCUT2D eigenvalue weighted by molar-refractivity contribution is 6.02. The fraction of sp³-hybridized carbons (Fsp3) is 0.250. The number of fused-ring (bicyclic) bond motifs is 2. The number of ether oxygens (including phenoxy) is 3. The molecule has 0 fully saturated rings. The number of rotatable bonds is 6. The summed E-state index contributed by atoms with van der Waals surface area (Å²) in [5, 5.41) is 4.72. The molecule has 0 unspecified atom stereocenters. The lowest BCUT2D eigenvalue weighted by molar-refractivity contribution is -0.149. The van der Waals surface area contributed by atoms with Crippen LogP contribution in [-0.4, -0.2) is 30.7 Å². The lowest BCUT2D eigenvalue weighted by Crippen LogP contribution is -2.25. The van der Waals surface area contributed by atoms with E-state index in [4.69, 9.17) is 14.2 Å². The summed E-state index contributed by atoms with van der Waals surface area (Å²) < 4.78 is 16.6. The van der Waals surface area contributed by atoms with Crippen LogP contribution in [0.2, 0.25) is 0 Å². The highest BCUT2D eigenvalue weighted by Crippen LogP contribution is 2.41. The molecule has 0 atom stereocenters. The van der Waals surface area contributed by atoms with E-state index in [9.17, 15) is 9.59 Å². The molecule has 1 amide bonds. The van der Waals surface area contributed by atoms with E-state index in [0.29, 0.717) is 17.2 Å². The Balaban J connectivity index is 1.30. The Hall–Kier alpha value is -3.54. The van der Waals surface area contributed by atoms with Crippen LogP contribution in [0.4, 0.5) is 5.69 Å². The van der Waals surface area contributed by atoms with E-state index >= 15 is 0 Å². The molecule has 3 aromatic carbocycles. The number of anilines is 1. The van der Waals surface area contributed by atoms with E-state index in [1.165, 1.54) is 0 Å². The van der Waals surface area contributed by atoms with Crippen molar-refractivity contribution in [3.63, 3.8) is 0 Å². The Bertz CT molecular complexity index is 1100. The van der Waals surface area contributed by atoms with Crippen molar-refractivity contribution in [3.8, 4) is 11.5 Å². The van der Waals surface area contributed by atoms with Gasteiger partial charge in [-0.2, -0.15) is 0 Å². The van der Waals surface area contributed by atoms with E-state index in [2.05, 4.69) is 5.32 Å². The molecule has 0 saturated carbocycles. The molecule has 0 aliphatic carbocycles. The highest BCUT2D eigenvalue weighted by atomic mass is 16.6. The van der Waals surface area contributed by atoms with Gasteiger partial charge in [0.2, 0.25) is 0 Å².